The van der Waals surface area contributed by atoms with Gasteiger partial charge >= 0.3 is 0 Å². The van der Waals surface area contributed by atoms with Crippen LogP contribution in [0.5, 0.6) is 0 Å². The second-order valence-corrected chi connectivity index (χ2v) is 6.28. The minimum absolute atomic E-state index is 0.0125. The summed E-state index contributed by atoms with van der Waals surface area (Å²) in [6, 6.07) is 0. The average Bonchev–Trinajstić information content (AvgIpc) is 2.44. The molecule has 0 aliphatic carbocycles. The van der Waals surface area contributed by atoms with Crippen LogP contribution in [0.3, 0.4) is 0 Å². The number of ether oxygens (including phenoxy) is 1. The molecule has 1 heterocycles. The van der Waals surface area contributed by atoms with Crippen LogP contribution < -0.4 is 5.32 Å². The van der Waals surface area contributed by atoms with E-state index >= 15 is 0 Å². The molecular weight excluding hydrogens is 254 g/mol. The number of hydrogen-bond acceptors (Lipinski definition) is 4. The zero-order chi connectivity index (χ0) is 15.0. The van der Waals surface area contributed by atoms with Gasteiger partial charge in [0.25, 0.3) is 0 Å². The van der Waals surface area contributed by atoms with E-state index in [9.17, 15) is 4.79 Å². The normalized spacial score (nSPS) is 17.4. The first-order chi connectivity index (χ1) is 9.45. The van der Waals surface area contributed by atoms with Gasteiger partial charge in [-0.1, -0.05) is 13.3 Å². The Labute approximate surface area is 123 Å². The van der Waals surface area contributed by atoms with Crippen molar-refractivity contribution in [1.82, 2.24) is 15.1 Å². The minimum Gasteiger partial charge on any atom is -0.379 e. The van der Waals surface area contributed by atoms with Crippen molar-refractivity contribution in [3.05, 3.63) is 0 Å². The maximum Gasteiger partial charge on any atom is 0.234 e. The molecule has 5 nitrogen and oxygen atoms in total. The summed E-state index contributed by atoms with van der Waals surface area (Å²) in [5.74, 6) is 0.116. The first kappa shape index (κ1) is 17.4. The molecule has 20 heavy (non-hydrogen) atoms. The van der Waals surface area contributed by atoms with Crippen molar-refractivity contribution in [2.45, 2.75) is 39.2 Å². The lowest BCUT2D eigenvalue weighted by Crippen LogP contribution is -2.56. The zero-order valence-electron chi connectivity index (χ0n) is 13.6. The van der Waals surface area contributed by atoms with Crippen molar-refractivity contribution < 1.29 is 9.53 Å². The van der Waals surface area contributed by atoms with Gasteiger partial charge in [0, 0.05) is 25.2 Å². The van der Waals surface area contributed by atoms with E-state index in [1.165, 1.54) is 0 Å². The van der Waals surface area contributed by atoms with Gasteiger partial charge in [-0.15, -0.1) is 0 Å². The fraction of sp³-hybridized carbons (Fsp3) is 0.933. The molecule has 0 unspecified atom stereocenters. The van der Waals surface area contributed by atoms with Gasteiger partial charge < -0.3 is 10.1 Å². The molecule has 0 spiro atoms. The van der Waals surface area contributed by atoms with E-state index in [2.05, 4.69) is 35.9 Å². The van der Waals surface area contributed by atoms with Crippen LogP contribution in [0, 0.1) is 0 Å². The van der Waals surface area contributed by atoms with Crippen molar-refractivity contribution in [3.8, 4) is 0 Å². The number of nitrogens with one attached hydrogen (secondary N) is 1. The second kappa shape index (κ2) is 8.60. The monoisotopic (exact) mass is 285 g/mol. The summed E-state index contributed by atoms with van der Waals surface area (Å²) in [7, 11) is 2.00. The number of unbranched alkanes of at least 4 members (excludes halogenated alkanes) is 1. The number of carbonyl (C=O) groups is 1. The number of amides is 1. The van der Waals surface area contributed by atoms with Gasteiger partial charge in [0.15, 0.2) is 0 Å². The molecule has 1 aliphatic heterocycles. The molecule has 118 valence electrons. The van der Waals surface area contributed by atoms with E-state index in [1.54, 1.807) is 0 Å². The molecule has 0 saturated carbocycles. The molecule has 5 heteroatoms. The molecule has 0 aromatic carbocycles. The van der Waals surface area contributed by atoms with E-state index in [4.69, 9.17) is 4.74 Å². The second-order valence-electron chi connectivity index (χ2n) is 6.28. The van der Waals surface area contributed by atoms with E-state index < -0.39 is 0 Å². The summed E-state index contributed by atoms with van der Waals surface area (Å²) < 4.78 is 5.37. The highest BCUT2D eigenvalue weighted by molar-refractivity contribution is 5.78. The summed E-state index contributed by atoms with van der Waals surface area (Å²) in [4.78, 5) is 16.4. The Morgan fingerprint density at radius 3 is 2.60 bits per heavy atom. The Kier molecular flexibility index (Phi) is 7.48. The van der Waals surface area contributed by atoms with Gasteiger partial charge in [-0.2, -0.15) is 0 Å². The topological polar surface area (TPSA) is 44.8 Å². The number of likely N-dealkylation sites (N-methyl/N-ethyl adjacent to an activating group) is 1. The summed E-state index contributed by atoms with van der Waals surface area (Å²) >= 11 is 0. The number of hydrogen-bond donors (Lipinski definition) is 1. The molecule has 1 saturated heterocycles. The van der Waals surface area contributed by atoms with Crippen LogP contribution in [-0.4, -0.2) is 74.2 Å². The third-order valence-corrected chi connectivity index (χ3v) is 3.89. The molecule has 0 atom stereocenters. The zero-order valence-corrected chi connectivity index (χ0v) is 13.6. The minimum atomic E-state index is -0.0125. The maximum absolute atomic E-state index is 12.0. The van der Waals surface area contributed by atoms with Crippen LogP contribution in [0.25, 0.3) is 0 Å². The summed E-state index contributed by atoms with van der Waals surface area (Å²) in [5.41, 5.74) is -0.0125. The van der Waals surface area contributed by atoms with Crippen molar-refractivity contribution in [2.75, 3.05) is 53.0 Å². The smallest absolute Gasteiger partial charge is 0.234 e. The largest absolute Gasteiger partial charge is 0.379 e. The highest BCUT2D eigenvalue weighted by Gasteiger charge is 2.28. The Bertz CT molecular complexity index is 289. The van der Waals surface area contributed by atoms with Gasteiger partial charge in [0.05, 0.1) is 19.8 Å². The standard InChI is InChI=1S/C15H31N3O2/c1-5-6-7-17(4)12-14(19)16-13-15(2,3)18-8-10-20-11-9-18/h5-13H2,1-4H3,(H,16,19). The maximum atomic E-state index is 12.0. The van der Waals surface area contributed by atoms with E-state index in [0.29, 0.717) is 13.1 Å². The lowest BCUT2D eigenvalue weighted by Gasteiger charge is -2.40. The Morgan fingerprint density at radius 1 is 1.35 bits per heavy atom. The third-order valence-electron chi connectivity index (χ3n) is 3.89. The predicted molar refractivity (Wildman–Crippen MR) is 81.9 cm³/mol. The van der Waals surface area contributed by atoms with Crippen LogP contribution in [0.4, 0.5) is 0 Å². The molecule has 0 aromatic heterocycles. The molecule has 0 aromatic rings. The van der Waals surface area contributed by atoms with Gasteiger partial charge in [0.2, 0.25) is 5.91 Å². The van der Waals surface area contributed by atoms with Crippen molar-refractivity contribution >= 4 is 5.91 Å². The Morgan fingerprint density at radius 2 is 2.00 bits per heavy atom. The molecule has 1 amide bonds. The number of nitrogens with zero attached hydrogens (tertiary/aromatic N) is 2. The fourth-order valence-electron chi connectivity index (χ4n) is 2.40. The molecule has 0 radical (unpaired) electrons. The summed E-state index contributed by atoms with van der Waals surface area (Å²) in [5, 5.41) is 3.06. The lowest BCUT2D eigenvalue weighted by molar-refractivity contribution is -0.122. The third kappa shape index (κ3) is 6.20. The van der Waals surface area contributed by atoms with E-state index in [-0.39, 0.29) is 11.4 Å². The molecule has 1 N–H and O–H groups in total. The molecule has 1 aliphatic rings. The Hall–Kier alpha value is -0.650. The highest BCUT2D eigenvalue weighted by Crippen LogP contribution is 2.14. The van der Waals surface area contributed by atoms with Crippen LogP contribution in [-0.2, 0) is 9.53 Å². The van der Waals surface area contributed by atoms with Crippen molar-refractivity contribution in [3.63, 3.8) is 0 Å². The first-order valence-corrected chi connectivity index (χ1v) is 7.73. The molecular formula is C15H31N3O2. The van der Waals surface area contributed by atoms with E-state index in [0.717, 1.165) is 45.7 Å². The SMILES string of the molecule is CCCCN(C)CC(=O)NCC(C)(C)N1CCOCC1. The van der Waals surface area contributed by atoms with Crippen molar-refractivity contribution in [2.24, 2.45) is 0 Å². The van der Waals surface area contributed by atoms with Crippen LogP contribution >= 0.6 is 0 Å². The van der Waals surface area contributed by atoms with Gasteiger partial charge in [0.1, 0.15) is 0 Å². The Balaban J connectivity index is 2.27. The fourth-order valence-corrected chi connectivity index (χ4v) is 2.40. The average molecular weight is 285 g/mol. The van der Waals surface area contributed by atoms with Crippen LogP contribution in [0.2, 0.25) is 0 Å². The van der Waals surface area contributed by atoms with Gasteiger partial charge in [-0.3, -0.25) is 14.6 Å². The number of morpholine rings is 1. The molecule has 0 bridgehead atoms. The lowest BCUT2D eigenvalue weighted by atomic mass is 10.0. The van der Waals surface area contributed by atoms with Crippen LogP contribution in [0.1, 0.15) is 33.6 Å². The predicted octanol–water partition coefficient (Wildman–Crippen LogP) is 0.945. The van der Waals surface area contributed by atoms with Gasteiger partial charge in [-0.05, 0) is 33.9 Å². The van der Waals surface area contributed by atoms with Crippen molar-refractivity contribution in [1.29, 1.82) is 0 Å². The number of carbonyl (C=O) groups excluding carboxylic acids is 1. The quantitative estimate of drug-likeness (QED) is 0.721. The molecule has 1 fully saturated rings. The van der Waals surface area contributed by atoms with Gasteiger partial charge in [-0.25, -0.2) is 0 Å². The first-order valence-electron chi connectivity index (χ1n) is 7.73. The molecule has 1 rings (SSSR count). The highest BCUT2D eigenvalue weighted by atomic mass is 16.5. The summed E-state index contributed by atoms with van der Waals surface area (Å²) in [6.07, 6.45) is 2.30. The number of rotatable bonds is 8. The van der Waals surface area contributed by atoms with E-state index in [1.807, 2.05) is 7.05 Å². The summed E-state index contributed by atoms with van der Waals surface area (Å²) in [6.45, 7) is 12.1. The van der Waals surface area contributed by atoms with Crippen LogP contribution in [0.15, 0.2) is 0 Å².